The van der Waals surface area contributed by atoms with Crippen LogP contribution in [0.25, 0.3) is 0 Å². The maximum absolute atomic E-state index is 12.3. The molecule has 0 fully saturated rings. The predicted octanol–water partition coefficient (Wildman–Crippen LogP) is 2.67. The van der Waals surface area contributed by atoms with Crippen molar-refractivity contribution in [3.05, 3.63) is 41.1 Å². The monoisotopic (exact) mass is 318 g/mol. The van der Waals surface area contributed by atoms with E-state index in [9.17, 15) is 9.59 Å². The van der Waals surface area contributed by atoms with Gasteiger partial charge in [0.2, 0.25) is 0 Å². The number of amides is 2. The summed E-state index contributed by atoms with van der Waals surface area (Å²) in [7, 11) is 0. The van der Waals surface area contributed by atoms with Crippen molar-refractivity contribution in [1.29, 1.82) is 0 Å². The zero-order chi connectivity index (χ0) is 16.8. The van der Waals surface area contributed by atoms with E-state index in [0.29, 0.717) is 23.6 Å². The Hall–Kier alpha value is -2.50. The minimum Gasteiger partial charge on any atom is -0.493 e. The molecule has 6 heteroatoms. The van der Waals surface area contributed by atoms with Crippen LogP contribution in [0, 0.1) is 0 Å². The Morgan fingerprint density at radius 2 is 2.00 bits per heavy atom. The molecule has 2 amide bonds. The van der Waals surface area contributed by atoms with Crippen LogP contribution in [0.15, 0.2) is 35.5 Å². The molecule has 6 nitrogen and oxygen atoms in total. The van der Waals surface area contributed by atoms with Gasteiger partial charge in [-0.05, 0) is 26.3 Å². The van der Waals surface area contributed by atoms with Gasteiger partial charge in [-0.2, -0.15) is 0 Å². The summed E-state index contributed by atoms with van der Waals surface area (Å²) in [6.07, 6.45) is 0.868. The fraction of sp³-hybridized carbons (Fsp3) is 0.412. The molecule has 0 saturated heterocycles. The zero-order valence-corrected chi connectivity index (χ0v) is 13.6. The van der Waals surface area contributed by atoms with Gasteiger partial charge < -0.3 is 20.1 Å². The Kier molecular flexibility index (Phi) is 5.62. The molecule has 2 N–H and O–H groups in total. The van der Waals surface area contributed by atoms with Gasteiger partial charge in [-0.1, -0.05) is 25.1 Å². The molecule has 0 saturated carbocycles. The Morgan fingerprint density at radius 3 is 2.70 bits per heavy atom. The summed E-state index contributed by atoms with van der Waals surface area (Å²) >= 11 is 0. The molecule has 1 aromatic carbocycles. The number of carbonyl (C=O) groups excluding carboxylic acids is 2. The standard InChI is InChI=1S/C17H22N2O4/c1-4-10-23-13-9-7-6-8-12(13)15-14(16(20)22-5-2)11(3)18-17(21)19-15/h6-9,15H,4-5,10H2,1-3H3,(H2,18,19,21). The lowest BCUT2D eigenvalue weighted by atomic mass is 9.95. The molecule has 1 heterocycles. The van der Waals surface area contributed by atoms with E-state index in [1.807, 2.05) is 31.2 Å². The molecule has 1 aromatic rings. The summed E-state index contributed by atoms with van der Waals surface area (Å²) in [5.41, 5.74) is 1.61. The largest absolute Gasteiger partial charge is 0.493 e. The normalized spacial score (nSPS) is 17.3. The van der Waals surface area contributed by atoms with Gasteiger partial charge in [0.05, 0.1) is 24.8 Å². The van der Waals surface area contributed by atoms with E-state index in [1.54, 1.807) is 13.8 Å². The predicted molar refractivity (Wildman–Crippen MR) is 86.0 cm³/mol. The molecule has 23 heavy (non-hydrogen) atoms. The van der Waals surface area contributed by atoms with Crippen molar-refractivity contribution in [2.45, 2.75) is 33.2 Å². The van der Waals surface area contributed by atoms with E-state index in [-0.39, 0.29) is 12.6 Å². The Morgan fingerprint density at radius 1 is 1.26 bits per heavy atom. The molecular weight excluding hydrogens is 296 g/mol. The number of nitrogens with one attached hydrogen (secondary N) is 2. The maximum Gasteiger partial charge on any atom is 0.338 e. The van der Waals surface area contributed by atoms with Gasteiger partial charge in [0.15, 0.2) is 0 Å². The highest BCUT2D eigenvalue weighted by Gasteiger charge is 2.33. The number of esters is 1. The van der Waals surface area contributed by atoms with Crippen LogP contribution in [0.4, 0.5) is 4.79 Å². The molecule has 0 spiro atoms. The number of urea groups is 1. The summed E-state index contributed by atoms with van der Waals surface area (Å²) in [6, 6.07) is 6.42. The zero-order valence-electron chi connectivity index (χ0n) is 13.6. The van der Waals surface area contributed by atoms with Crippen molar-refractivity contribution in [2.24, 2.45) is 0 Å². The highest BCUT2D eigenvalue weighted by molar-refractivity contribution is 5.95. The average Bonchev–Trinajstić information content (AvgIpc) is 2.52. The fourth-order valence-electron chi connectivity index (χ4n) is 2.47. The van der Waals surface area contributed by atoms with Gasteiger partial charge in [0.1, 0.15) is 5.75 Å². The number of rotatable bonds is 6. The van der Waals surface area contributed by atoms with Crippen LogP contribution in [-0.4, -0.2) is 25.2 Å². The molecule has 0 aromatic heterocycles. The van der Waals surface area contributed by atoms with Gasteiger partial charge in [-0.3, -0.25) is 0 Å². The van der Waals surface area contributed by atoms with Crippen molar-refractivity contribution in [3.8, 4) is 5.75 Å². The minimum absolute atomic E-state index is 0.268. The molecule has 0 bridgehead atoms. The third-order valence-corrected chi connectivity index (χ3v) is 3.46. The third-order valence-electron chi connectivity index (χ3n) is 3.46. The fourth-order valence-corrected chi connectivity index (χ4v) is 2.47. The molecule has 0 radical (unpaired) electrons. The number of benzene rings is 1. The van der Waals surface area contributed by atoms with Gasteiger partial charge >= 0.3 is 12.0 Å². The lowest BCUT2D eigenvalue weighted by molar-refractivity contribution is -0.139. The van der Waals surface area contributed by atoms with Gasteiger partial charge in [-0.15, -0.1) is 0 Å². The molecule has 1 atom stereocenters. The highest BCUT2D eigenvalue weighted by Crippen LogP contribution is 2.33. The van der Waals surface area contributed by atoms with Crippen molar-refractivity contribution >= 4 is 12.0 Å². The van der Waals surface area contributed by atoms with Crippen molar-refractivity contribution < 1.29 is 19.1 Å². The van der Waals surface area contributed by atoms with E-state index in [0.717, 1.165) is 12.0 Å². The number of carbonyl (C=O) groups is 2. The Balaban J connectivity index is 2.44. The molecule has 2 rings (SSSR count). The smallest absolute Gasteiger partial charge is 0.338 e. The average molecular weight is 318 g/mol. The van der Waals surface area contributed by atoms with Crippen LogP contribution in [-0.2, 0) is 9.53 Å². The minimum atomic E-state index is -0.601. The van der Waals surface area contributed by atoms with Crippen molar-refractivity contribution in [2.75, 3.05) is 13.2 Å². The van der Waals surface area contributed by atoms with Crippen LogP contribution in [0.2, 0.25) is 0 Å². The molecule has 1 aliphatic rings. The second-order valence-corrected chi connectivity index (χ2v) is 5.18. The van der Waals surface area contributed by atoms with E-state index in [4.69, 9.17) is 9.47 Å². The van der Waals surface area contributed by atoms with Gasteiger partial charge in [-0.25, -0.2) is 9.59 Å². The first-order valence-corrected chi connectivity index (χ1v) is 7.75. The molecule has 1 aliphatic heterocycles. The summed E-state index contributed by atoms with van der Waals surface area (Å²) in [5.74, 6) is 0.198. The quantitative estimate of drug-likeness (QED) is 0.791. The molecule has 124 valence electrons. The number of ether oxygens (including phenoxy) is 2. The number of hydrogen-bond donors (Lipinski definition) is 2. The first-order valence-electron chi connectivity index (χ1n) is 7.75. The summed E-state index contributed by atoms with van der Waals surface area (Å²) in [6.45, 7) is 6.28. The SMILES string of the molecule is CCCOc1ccccc1C1NC(=O)NC(C)=C1C(=O)OCC. The van der Waals surface area contributed by atoms with Crippen LogP contribution < -0.4 is 15.4 Å². The Labute approximate surface area is 135 Å². The second kappa shape index (κ2) is 7.67. The van der Waals surface area contributed by atoms with Crippen LogP contribution in [0.1, 0.15) is 38.8 Å². The van der Waals surface area contributed by atoms with E-state index >= 15 is 0 Å². The molecule has 1 unspecified atom stereocenters. The summed E-state index contributed by atoms with van der Waals surface area (Å²) in [4.78, 5) is 24.2. The number of allylic oxidation sites excluding steroid dienone is 1. The van der Waals surface area contributed by atoms with E-state index in [1.165, 1.54) is 0 Å². The van der Waals surface area contributed by atoms with Gasteiger partial charge in [0, 0.05) is 11.3 Å². The van der Waals surface area contributed by atoms with Crippen LogP contribution in [0.5, 0.6) is 5.75 Å². The maximum atomic E-state index is 12.3. The second-order valence-electron chi connectivity index (χ2n) is 5.18. The first kappa shape index (κ1) is 16.9. The number of hydrogen-bond acceptors (Lipinski definition) is 4. The number of para-hydroxylation sites is 1. The summed E-state index contributed by atoms with van der Waals surface area (Å²) < 4.78 is 10.9. The molecule has 0 aliphatic carbocycles. The molecular formula is C17H22N2O4. The van der Waals surface area contributed by atoms with E-state index in [2.05, 4.69) is 10.6 Å². The van der Waals surface area contributed by atoms with Gasteiger partial charge in [0.25, 0.3) is 0 Å². The summed E-state index contributed by atoms with van der Waals surface area (Å²) in [5, 5.41) is 5.40. The third kappa shape index (κ3) is 3.83. The van der Waals surface area contributed by atoms with Crippen molar-refractivity contribution in [1.82, 2.24) is 10.6 Å². The Bertz CT molecular complexity index is 625. The van der Waals surface area contributed by atoms with Crippen molar-refractivity contribution in [3.63, 3.8) is 0 Å². The van der Waals surface area contributed by atoms with Crippen LogP contribution in [0.3, 0.4) is 0 Å². The lowest BCUT2D eigenvalue weighted by Crippen LogP contribution is -2.45. The highest BCUT2D eigenvalue weighted by atomic mass is 16.5. The van der Waals surface area contributed by atoms with E-state index < -0.39 is 12.0 Å². The first-order chi connectivity index (χ1) is 11.1. The lowest BCUT2D eigenvalue weighted by Gasteiger charge is -2.29. The van der Waals surface area contributed by atoms with Crippen LogP contribution >= 0.6 is 0 Å². The topological polar surface area (TPSA) is 76.7 Å².